The van der Waals surface area contributed by atoms with Gasteiger partial charge in [0.05, 0.1) is 6.04 Å². The molecule has 1 nitrogen and oxygen atoms in total. The highest BCUT2D eigenvalue weighted by Crippen LogP contribution is 2.29. The Labute approximate surface area is 119 Å². The van der Waals surface area contributed by atoms with Gasteiger partial charge in [-0.2, -0.15) is 0 Å². The zero-order valence-corrected chi connectivity index (χ0v) is 13.6. The highest BCUT2D eigenvalue weighted by molar-refractivity contribution is 5.59. The molecule has 19 heavy (non-hydrogen) atoms. The molecule has 106 valence electrons. The van der Waals surface area contributed by atoms with E-state index < -0.39 is 0 Å². The molecule has 0 amide bonds. The lowest BCUT2D eigenvalue weighted by Crippen LogP contribution is -2.15. The molecular formula is C18H29N. The van der Waals surface area contributed by atoms with Gasteiger partial charge in [-0.05, 0) is 51.5 Å². The van der Waals surface area contributed by atoms with Crippen molar-refractivity contribution in [2.45, 2.75) is 60.9 Å². The maximum Gasteiger partial charge on any atom is 0.0530 e. The van der Waals surface area contributed by atoms with E-state index in [1.165, 1.54) is 22.3 Å². The second-order valence-electron chi connectivity index (χ2n) is 6.34. The van der Waals surface area contributed by atoms with Crippen LogP contribution in [0.2, 0.25) is 0 Å². The van der Waals surface area contributed by atoms with E-state index >= 15 is 0 Å². The first kappa shape index (κ1) is 15.9. The molecule has 1 aliphatic rings. The van der Waals surface area contributed by atoms with E-state index in [0.29, 0.717) is 17.9 Å². The number of aliphatic imine (C=N–C) groups is 1. The first-order valence-corrected chi connectivity index (χ1v) is 7.39. The van der Waals surface area contributed by atoms with Crippen molar-refractivity contribution in [2.24, 2.45) is 16.8 Å². The number of nitrogens with zero attached hydrogens (tertiary/aromatic N) is 1. The maximum atomic E-state index is 4.68. The Hall–Kier alpha value is -1.11. The molecule has 0 N–H and O–H groups in total. The van der Waals surface area contributed by atoms with E-state index in [0.717, 1.165) is 6.42 Å². The molecule has 2 atom stereocenters. The van der Waals surface area contributed by atoms with Crippen LogP contribution in [0.3, 0.4) is 0 Å². The van der Waals surface area contributed by atoms with E-state index in [9.17, 15) is 0 Å². The van der Waals surface area contributed by atoms with Gasteiger partial charge in [-0.1, -0.05) is 49.6 Å². The highest BCUT2D eigenvalue weighted by atomic mass is 14.8. The number of hydrogen-bond donors (Lipinski definition) is 0. The van der Waals surface area contributed by atoms with Gasteiger partial charge in [0.15, 0.2) is 0 Å². The van der Waals surface area contributed by atoms with Crippen LogP contribution in [0.5, 0.6) is 0 Å². The molecule has 0 aromatic carbocycles. The van der Waals surface area contributed by atoms with Gasteiger partial charge in [0.1, 0.15) is 0 Å². The second kappa shape index (κ2) is 6.88. The first-order chi connectivity index (χ1) is 8.81. The number of rotatable bonds is 4. The average molecular weight is 259 g/mol. The molecule has 2 unspecified atom stereocenters. The second-order valence-corrected chi connectivity index (χ2v) is 6.34. The molecular weight excluding hydrogens is 230 g/mol. The zero-order valence-electron chi connectivity index (χ0n) is 13.6. The summed E-state index contributed by atoms with van der Waals surface area (Å²) in [6.07, 6.45) is 7.78. The molecule has 1 rings (SSSR count). The molecule has 0 heterocycles. The van der Waals surface area contributed by atoms with Crippen molar-refractivity contribution in [3.8, 4) is 0 Å². The Morgan fingerprint density at radius 1 is 1.16 bits per heavy atom. The van der Waals surface area contributed by atoms with Gasteiger partial charge in [-0.25, -0.2) is 0 Å². The Morgan fingerprint density at radius 2 is 1.79 bits per heavy atom. The van der Waals surface area contributed by atoms with E-state index in [4.69, 9.17) is 0 Å². The molecule has 0 aromatic heterocycles. The van der Waals surface area contributed by atoms with Crippen molar-refractivity contribution < 1.29 is 0 Å². The predicted octanol–water partition coefficient (Wildman–Crippen LogP) is 5.35. The van der Waals surface area contributed by atoms with Crippen LogP contribution >= 0.6 is 0 Å². The van der Waals surface area contributed by atoms with Crippen LogP contribution in [0.4, 0.5) is 0 Å². The fourth-order valence-corrected chi connectivity index (χ4v) is 2.45. The fraction of sp³-hybridized carbons (Fsp3) is 0.611. The van der Waals surface area contributed by atoms with Crippen LogP contribution < -0.4 is 0 Å². The predicted molar refractivity (Wildman–Crippen MR) is 86.8 cm³/mol. The van der Waals surface area contributed by atoms with Crippen molar-refractivity contribution in [2.75, 3.05) is 0 Å². The van der Waals surface area contributed by atoms with Crippen molar-refractivity contribution in [1.29, 1.82) is 0 Å². The summed E-state index contributed by atoms with van der Waals surface area (Å²) in [4.78, 5) is 4.68. The summed E-state index contributed by atoms with van der Waals surface area (Å²) < 4.78 is 0. The smallest absolute Gasteiger partial charge is 0.0530 e. The van der Waals surface area contributed by atoms with E-state index in [1.807, 2.05) is 0 Å². The third-order valence-corrected chi connectivity index (χ3v) is 3.88. The topological polar surface area (TPSA) is 12.4 Å². The summed E-state index contributed by atoms with van der Waals surface area (Å²) >= 11 is 0. The summed E-state index contributed by atoms with van der Waals surface area (Å²) in [6, 6.07) is 0.356. The van der Waals surface area contributed by atoms with Gasteiger partial charge in [-0.3, -0.25) is 4.99 Å². The normalized spacial score (nSPS) is 22.3. The first-order valence-electron chi connectivity index (χ1n) is 7.39. The van der Waals surface area contributed by atoms with Crippen molar-refractivity contribution >= 4 is 6.21 Å². The van der Waals surface area contributed by atoms with Crippen molar-refractivity contribution in [3.05, 3.63) is 34.4 Å². The number of hydrogen-bond acceptors (Lipinski definition) is 1. The minimum Gasteiger partial charge on any atom is -0.294 e. The highest BCUT2D eigenvalue weighted by Gasteiger charge is 2.16. The zero-order chi connectivity index (χ0) is 14.6. The van der Waals surface area contributed by atoms with Gasteiger partial charge in [0, 0.05) is 6.21 Å². The van der Waals surface area contributed by atoms with Crippen molar-refractivity contribution in [1.82, 2.24) is 0 Å². The SMILES string of the molecule is CC1=C/C(=C(/C)C(C)C(C)/N=C/C(C)C)CC(C)=C1. The molecule has 0 spiro atoms. The maximum absolute atomic E-state index is 4.68. The van der Waals surface area contributed by atoms with Crippen LogP contribution in [-0.2, 0) is 0 Å². The molecule has 0 saturated heterocycles. The quantitative estimate of drug-likeness (QED) is 0.603. The minimum atomic E-state index is 0.356. The average Bonchev–Trinajstić information content (AvgIpc) is 2.32. The Bertz CT molecular complexity index is 433. The molecule has 0 radical (unpaired) electrons. The third kappa shape index (κ3) is 4.81. The van der Waals surface area contributed by atoms with Gasteiger partial charge in [0.25, 0.3) is 0 Å². The minimum absolute atomic E-state index is 0.356. The molecule has 0 aromatic rings. The van der Waals surface area contributed by atoms with Crippen LogP contribution in [-0.4, -0.2) is 12.3 Å². The van der Waals surface area contributed by atoms with E-state index in [2.05, 4.69) is 71.8 Å². The lowest BCUT2D eigenvalue weighted by atomic mass is 9.86. The standard InChI is InChI=1S/C18H29N/c1-12(2)11-19-17(7)15(5)16(6)18-9-13(3)8-14(4)10-18/h8-9,11-12,15,17H,10H2,1-7H3/b18-16+,19-11+. The van der Waals surface area contributed by atoms with Crippen LogP contribution in [0, 0.1) is 11.8 Å². The van der Waals surface area contributed by atoms with Crippen LogP contribution in [0.15, 0.2) is 39.4 Å². The monoisotopic (exact) mass is 259 g/mol. The Balaban J connectivity index is 2.87. The summed E-state index contributed by atoms with van der Waals surface area (Å²) in [5, 5.41) is 0. The van der Waals surface area contributed by atoms with Gasteiger partial charge >= 0.3 is 0 Å². The molecule has 0 aliphatic heterocycles. The Morgan fingerprint density at radius 3 is 2.32 bits per heavy atom. The summed E-state index contributed by atoms with van der Waals surface area (Å²) in [5.74, 6) is 1.03. The van der Waals surface area contributed by atoms with Crippen LogP contribution in [0.25, 0.3) is 0 Å². The lowest BCUT2D eigenvalue weighted by molar-refractivity contribution is 0.550. The largest absolute Gasteiger partial charge is 0.294 e. The van der Waals surface area contributed by atoms with Crippen molar-refractivity contribution in [3.63, 3.8) is 0 Å². The molecule has 0 fully saturated rings. The third-order valence-electron chi connectivity index (χ3n) is 3.88. The Kier molecular flexibility index (Phi) is 5.78. The number of allylic oxidation sites excluding steroid dienone is 5. The molecule has 1 heteroatoms. The molecule has 0 bridgehead atoms. The van der Waals surface area contributed by atoms with Gasteiger partial charge < -0.3 is 0 Å². The fourth-order valence-electron chi connectivity index (χ4n) is 2.45. The summed E-state index contributed by atoms with van der Waals surface area (Å²) in [7, 11) is 0. The van der Waals surface area contributed by atoms with Gasteiger partial charge in [-0.15, -0.1) is 0 Å². The van der Waals surface area contributed by atoms with E-state index in [-0.39, 0.29) is 0 Å². The molecule has 1 aliphatic carbocycles. The molecule has 0 saturated carbocycles. The van der Waals surface area contributed by atoms with Crippen LogP contribution in [0.1, 0.15) is 54.9 Å². The summed E-state index contributed by atoms with van der Waals surface area (Å²) in [6.45, 7) is 15.5. The van der Waals surface area contributed by atoms with E-state index in [1.54, 1.807) is 0 Å². The van der Waals surface area contributed by atoms with Gasteiger partial charge in [0.2, 0.25) is 0 Å². The lowest BCUT2D eigenvalue weighted by Gasteiger charge is -2.22. The summed E-state index contributed by atoms with van der Waals surface area (Å²) in [5.41, 5.74) is 5.79.